The molecule has 0 radical (unpaired) electrons. The average molecular weight is 289 g/mol. The second kappa shape index (κ2) is 8.20. The zero-order valence-corrected chi connectivity index (χ0v) is 13.2. The summed E-state index contributed by atoms with van der Waals surface area (Å²) in [6, 6.07) is 2.17. The molecule has 0 aliphatic heterocycles. The maximum atomic E-state index is 11.7. The fourth-order valence-corrected chi connectivity index (χ4v) is 1.96. The maximum absolute atomic E-state index is 11.7. The first-order valence-corrected chi connectivity index (χ1v) is 7.32. The molecule has 2 N–H and O–H groups in total. The summed E-state index contributed by atoms with van der Waals surface area (Å²) in [5, 5.41) is 23.2. The fourth-order valence-electron chi connectivity index (χ4n) is 1.96. The Labute approximate surface area is 126 Å². The van der Waals surface area contributed by atoms with Crippen molar-refractivity contribution in [1.29, 1.82) is 5.26 Å². The summed E-state index contributed by atoms with van der Waals surface area (Å²) >= 11 is 0. The molecule has 21 heavy (non-hydrogen) atoms. The van der Waals surface area contributed by atoms with Gasteiger partial charge in [0.05, 0.1) is 12.2 Å². The van der Waals surface area contributed by atoms with Gasteiger partial charge in [-0.2, -0.15) is 10.4 Å². The van der Waals surface area contributed by atoms with Gasteiger partial charge < -0.3 is 10.6 Å². The highest BCUT2D eigenvalue weighted by atomic mass is 16.1. The zero-order chi connectivity index (χ0) is 15.8. The van der Waals surface area contributed by atoms with E-state index in [-0.39, 0.29) is 12.5 Å². The van der Waals surface area contributed by atoms with Crippen LogP contribution in [0.25, 0.3) is 0 Å². The second-order valence-electron chi connectivity index (χ2n) is 5.22. The van der Waals surface area contributed by atoms with Crippen molar-refractivity contribution in [3.8, 4) is 6.07 Å². The molecule has 1 heterocycles. The third-order valence-corrected chi connectivity index (χ3v) is 3.08. The molecule has 0 spiro atoms. The normalized spacial score (nSPS) is 10.3. The third kappa shape index (κ3) is 4.71. The van der Waals surface area contributed by atoms with E-state index in [4.69, 9.17) is 0 Å². The first-order chi connectivity index (χ1) is 10.0. The molecule has 1 amide bonds. The zero-order valence-electron chi connectivity index (χ0n) is 13.2. The van der Waals surface area contributed by atoms with Crippen LogP contribution in [0, 0.1) is 17.2 Å². The molecule has 6 nitrogen and oxygen atoms in total. The molecule has 0 saturated heterocycles. The van der Waals surface area contributed by atoms with Gasteiger partial charge in [-0.25, -0.2) is 0 Å². The summed E-state index contributed by atoms with van der Waals surface area (Å²) < 4.78 is 0. The van der Waals surface area contributed by atoms with E-state index < -0.39 is 0 Å². The largest absolute Gasteiger partial charge is 0.358 e. The highest BCUT2D eigenvalue weighted by Crippen LogP contribution is 2.19. The Morgan fingerprint density at radius 3 is 2.52 bits per heavy atom. The molecule has 0 bridgehead atoms. The predicted octanol–water partition coefficient (Wildman–Crippen LogP) is 1.66. The van der Waals surface area contributed by atoms with E-state index in [1.54, 1.807) is 0 Å². The lowest BCUT2D eigenvalue weighted by molar-refractivity contribution is -0.119. The molecule has 114 valence electrons. The van der Waals surface area contributed by atoms with Gasteiger partial charge in [0.1, 0.15) is 11.6 Å². The number of rotatable bonds is 7. The van der Waals surface area contributed by atoms with Gasteiger partial charge in [-0.05, 0) is 24.3 Å². The molecule has 0 aromatic carbocycles. The monoisotopic (exact) mass is 289 g/mol. The van der Waals surface area contributed by atoms with Crippen molar-refractivity contribution in [3.63, 3.8) is 0 Å². The van der Waals surface area contributed by atoms with Gasteiger partial charge in [0, 0.05) is 6.54 Å². The quantitative estimate of drug-likeness (QED) is 0.796. The predicted molar refractivity (Wildman–Crippen MR) is 81.8 cm³/mol. The fraction of sp³-hybridized carbons (Fsp3) is 0.600. The summed E-state index contributed by atoms with van der Waals surface area (Å²) in [6.07, 6.45) is 1.45. The van der Waals surface area contributed by atoms with Crippen LogP contribution in [-0.2, 0) is 17.6 Å². The minimum absolute atomic E-state index is 0.0880. The van der Waals surface area contributed by atoms with Crippen molar-refractivity contribution < 1.29 is 4.79 Å². The van der Waals surface area contributed by atoms with Crippen LogP contribution < -0.4 is 10.6 Å². The van der Waals surface area contributed by atoms with Gasteiger partial charge in [0.15, 0.2) is 5.82 Å². The van der Waals surface area contributed by atoms with Gasteiger partial charge in [0.25, 0.3) is 0 Å². The molecular weight excluding hydrogens is 266 g/mol. The molecule has 1 aromatic heterocycles. The van der Waals surface area contributed by atoms with Crippen molar-refractivity contribution >= 4 is 11.7 Å². The van der Waals surface area contributed by atoms with Crippen LogP contribution >= 0.6 is 0 Å². The van der Waals surface area contributed by atoms with E-state index in [0.29, 0.717) is 23.8 Å². The number of nitriles is 1. The topological polar surface area (TPSA) is 90.7 Å². The summed E-state index contributed by atoms with van der Waals surface area (Å²) in [5.41, 5.74) is 2.23. The summed E-state index contributed by atoms with van der Waals surface area (Å²) in [6.45, 7) is 8.75. The van der Waals surface area contributed by atoms with Crippen LogP contribution in [0.3, 0.4) is 0 Å². The number of nitrogens with zero attached hydrogens (tertiary/aromatic N) is 3. The average Bonchev–Trinajstić information content (AvgIpc) is 2.49. The smallest absolute Gasteiger partial charge is 0.239 e. The van der Waals surface area contributed by atoms with E-state index in [9.17, 15) is 10.1 Å². The van der Waals surface area contributed by atoms with Gasteiger partial charge in [0.2, 0.25) is 5.91 Å². The van der Waals surface area contributed by atoms with E-state index in [2.05, 4.69) is 26.9 Å². The lowest BCUT2D eigenvalue weighted by Crippen LogP contribution is -2.33. The number of anilines is 1. The highest BCUT2D eigenvalue weighted by Gasteiger charge is 2.14. The summed E-state index contributed by atoms with van der Waals surface area (Å²) in [4.78, 5) is 11.7. The molecule has 0 aliphatic carbocycles. The van der Waals surface area contributed by atoms with Gasteiger partial charge in [-0.3, -0.25) is 4.79 Å². The summed E-state index contributed by atoms with van der Waals surface area (Å²) in [5.74, 6) is 0.664. The number of hydrogen-bond acceptors (Lipinski definition) is 5. The van der Waals surface area contributed by atoms with Crippen molar-refractivity contribution in [2.75, 3.05) is 18.4 Å². The molecule has 0 saturated carbocycles. The Bertz CT molecular complexity index is 534. The van der Waals surface area contributed by atoms with Gasteiger partial charge in [-0.15, -0.1) is 5.10 Å². The third-order valence-electron chi connectivity index (χ3n) is 3.08. The highest BCUT2D eigenvalue weighted by molar-refractivity contribution is 5.80. The van der Waals surface area contributed by atoms with Gasteiger partial charge in [-0.1, -0.05) is 27.7 Å². The molecule has 6 heteroatoms. The van der Waals surface area contributed by atoms with Crippen LogP contribution in [0.15, 0.2) is 0 Å². The number of carbonyl (C=O) groups excluding carboxylic acids is 1. The lowest BCUT2D eigenvalue weighted by Gasteiger charge is -2.12. The van der Waals surface area contributed by atoms with Crippen molar-refractivity contribution in [2.45, 2.75) is 40.5 Å². The molecule has 1 rings (SSSR count). The van der Waals surface area contributed by atoms with E-state index in [0.717, 1.165) is 24.1 Å². The second-order valence-corrected chi connectivity index (χ2v) is 5.22. The first-order valence-electron chi connectivity index (χ1n) is 7.32. The van der Waals surface area contributed by atoms with Crippen LogP contribution in [0.4, 0.5) is 5.82 Å². The molecule has 0 unspecified atom stereocenters. The molecule has 0 aliphatic rings. The van der Waals surface area contributed by atoms with Crippen LogP contribution in [0.2, 0.25) is 0 Å². The molecule has 0 atom stereocenters. The number of nitrogens with one attached hydrogen (secondary N) is 2. The van der Waals surface area contributed by atoms with Crippen LogP contribution in [-0.4, -0.2) is 29.2 Å². The Morgan fingerprint density at radius 1 is 1.29 bits per heavy atom. The standard InChI is InChI=1S/C15H23N5O/c1-5-11-12(7-16)15(20-19-13(11)6-2)18-9-14(21)17-8-10(3)4/h10H,5-6,8-9H2,1-4H3,(H,17,21)(H,18,20). The van der Waals surface area contributed by atoms with Crippen LogP contribution in [0.5, 0.6) is 0 Å². The van der Waals surface area contributed by atoms with E-state index in [1.165, 1.54) is 0 Å². The molecule has 0 fully saturated rings. The van der Waals surface area contributed by atoms with Crippen molar-refractivity contribution in [2.24, 2.45) is 5.92 Å². The maximum Gasteiger partial charge on any atom is 0.239 e. The number of amides is 1. The van der Waals surface area contributed by atoms with E-state index in [1.807, 2.05) is 27.7 Å². The molecule has 1 aromatic rings. The SMILES string of the molecule is CCc1nnc(NCC(=O)NCC(C)C)c(C#N)c1CC. The Kier molecular flexibility index (Phi) is 6.60. The van der Waals surface area contributed by atoms with Gasteiger partial charge >= 0.3 is 0 Å². The van der Waals surface area contributed by atoms with Crippen LogP contribution in [0.1, 0.15) is 44.5 Å². The van der Waals surface area contributed by atoms with Crippen molar-refractivity contribution in [3.05, 3.63) is 16.8 Å². The van der Waals surface area contributed by atoms with E-state index >= 15 is 0 Å². The number of hydrogen-bond donors (Lipinski definition) is 2. The lowest BCUT2D eigenvalue weighted by atomic mass is 10.0. The number of aryl methyl sites for hydroxylation is 1. The number of aromatic nitrogens is 2. The first kappa shape index (κ1) is 16.9. The van der Waals surface area contributed by atoms with Crippen molar-refractivity contribution in [1.82, 2.24) is 15.5 Å². The number of carbonyl (C=O) groups is 1. The summed E-state index contributed by atoms with van der Waals surface area (Å²) in [7, 11) is 0. The Balaban J connectivity index is 2.80. The minimum Gasteiger partial charge on any atom is -0.358 e. The minimum atomic E-state index is -0.119. The molecular formula is C15H23N5O. The Morgan fingerprint density at radius 2 is 2.00 bits per heavy atom. The Hall–Kier alpha value is -2.16.